The van der Waals surface area contributed by atoms with Gasteiger partial charge in [0.15, 0.2) is 0 Å². The topological polar surface area (TPSA) is 49.4 Å². The van der Waals surface area contributed by atoms with Crippen LogP contribution in [-0.2, 0) is 22.4 Å². The maximum atomic E-state index is 13.3. The summed E-state index contributed by atoms with van der Waals surface area (Å²) in [6, 6.07) is 17.2. The summed E-state index contributed by atoms with van der Waals surface area (Å²) in [4.78, 5) is 28.1. The highest BCUT2D eigenvalue weighted by atomic mass is 35.5. The van der Waals surface area contributed by atoms with E-state index in [1.165, 1.54) is 0 Å². The zero-order chi connectivity index (χ0) is 21.3. The first-order valence-corrected chi connectivity index (χ1v) is 11.3. The van der Waals surface area contributed by atoms with Gasteiger partial charge in [-0.05, 0) is 48.9 Å². The van der Waals surface area contributed by atoms with Gasteiger partial charge in [-0.15, -0.1) is 0 Å². The van der Waals surface area contributed by atoms with Crippen molar-refractivity contribution in [3.63, 3.8) is 0 Å². The molecular formula is C25H31ClN2O2. The zero-order valence-corrected chi connectivity index (χ0v) is 18.4. The van der Waals surface area contributed by atoms with Crippen LogP contribution < -0.4 is 5.32 Å². The molecule has 1 atom stereocenters. The Morgan fingerprint density at radius 2 is 1.77 bits per heavy atom. The first-order chi connectivity index (χ1) is 14.6. The maximum absolute atomic E-state index is 13.3. The average Bonchev–Trinajstić information content (AvgIpc) is 3.24. The Labute approximate surface area is 184 Å². The van der Waals surface area contributed by atoms with Gasteiger partial charge in [-0.3, -0.25) is 9.59 Å². The van der Waals surface area contributed by atoms with Crippen LogP contribution in [0, 0.1) is 0 Å². The largest absolute Gasteiger partial charge is 0.352 e. The standard InChI is InChI=1S/C25H31ClN2O2/c1-2-23(25(30)27-22-13-6-7-14-22)28(16-15-19-9-4-3-5-10-19)24(29)18-20-11-8-12-21(26)17-20/h3-5,8-12,17,22-23H,2,6-7,13-16,18H2,1H3,(H,27,30). The normalized spacial score (nSPS) is 15.0. The van der Waals surface area contributed by atoms with Gasteiger partial charge in [0.1, 0.15) is 6.04 Å². The van der Waals surface area contributed by atoms with Crippen molar-refractivity contribution in [1.29, 1.82) is 0 Å². The van der Waals surface area contributed by atoms with Crippen LogP contribution in [0.15, 0.2) is 54.6 Å². The van der Waals surface area contributed by atoms with E-state index in [0.717, 1.165) is 43.2 Å². The molecule has 2 aromatic rings. The van der Waals surface area contributed by atoms with E-state index in [9.17, 15) is 9.59 Å². The second kappa shape index (κ2) is 11.2. The molecule has 0 bridgehead atoms. The van der Waals surface area contributed by atoms with Gasteiger partial charge in [0.2, 0.25) is 11.8 Å². The summed E-state index contributed by atoms with van der Waals surface area (Å²) in [7, 11) is 0. The summed E-state index contributed by atoms with van der Waals surface area (Å²) in [6.07, 6.45) is 5.93. The van der Waals surface area contributed by atoms with Gasteiger partial charge in [0.05, 0.1) is 6.42 Å². The lowest BCUT2D eigenvalue weighted by Crippen LogP contribution is -2.52. The Morgan fingerprint density at radius 1 is 1.07 bits per heavy atom. The summed E-state index contributed by atoms with van der Waals surface area (Å²) in [5, 5.41) is 3.80. The van der Waals surface area contributed by atoms with Crippen LogP contribution in [0.5, 0.6) is 0 Å². The summed E-state index contributed by atoms with van der Waals surface area (Å²) in [5.74, 6) is -0.0708. The monoisotopic (exact) mass is 426 g/mol. The molecule has 2 amide bonds. The third kappa shape index (κ3) is 6.33. The molecule has 0 radical (unpaired) electrons. The number of hydrogen-bond acceptors (Lipinski definition) is 2. The predicted molar refractivity (Wildman–Crippen MR) is 121 cm³/mol. The molecule has 0 aromatic heterocycles. The minimum Gasteiger partial charge on any atom is -0.352 e. The number of halogens is 1. The van der Waals surface area contributed by atoms with Gasteiger partial charge in [-0.25, -0.2) is 0 Å². The number of hydrogen-bond donors (Lipinski definition) is 1. The van der Waals surface area contributed by atoms with Crippen molar-refractivity contribution in [3.8, 4) is 0 Å². The number of carbonyl (C=O) groups excluding carboxylic acids is 2. The molecule has 30 heavy (non-hydrogen) atoms. The van der Waals surface area contributed by atoms with E-state index in [4.69, 9.17) is 11.6 Å². The maximum Gasteiger partial charge on any atom is 0.243 e. The van der Waals surface area contributed by atoms with Crippen molar-refractivity contribution < 1.29 is 9.59 Å². The van der Waals surface area contributed by atoms with Crippen LogP contribution in [-0.4, -0.2) is 35.3 Å². The summed E-state index contributed by atoms with van der Waals surface area (Å²) in [5.41, 5.74) is 2.02. The lowest BCUT2D eigenvalue weighted by atomic mass is 10.1. The Morgan fingerprint density at radius 3 is 2.43 bits per heavy atom. The van der Waals surface area contributed by atoms with E-state index in [2.05, 4.69) is 17.4 Å². The lowest BCUT2D eigenvalue weighted by Gasteiger charge is -2.31. The Hall–Kier alpha value is -2.33. The Kier molecular flexibility index (Phi) is 8.32. The molecule has 2 aromatic carbocycles. The van der Waals surface area contributed by atoms with Gasteiger partial charge < -0.3 is 10.2 Å². The van der Waals surface area contributed by atoms with E-state index in [1.54, 1.807) is 11.0 Å². The van der Waals surface area contributed by atoms with E-state index < -0.39 is 6.04 Å². The van der Waals surface area contributed by atoms with Crippen molar-refractivity contribution in [2.75, 3.05) is 6.54 Å². The van der Waals surface area contributed by atoms with Crippen LogP contribution in [0.4, 0.5) is 0 Å². The number of benzene rings is 2. The second-order valence-corrected chi connectivity index (χ2v) is 8.48. The van der Waals surface area contributed by atoms with Crippen LogP contribution in [0.1, 0.15) is 50.2 Å². The lowest BCUT2D eigenvalue weighted by molar-refractivity contribution is -0.140. The molecular weight excluding hydrogens is 396 g/mol. The number of nitrogens with zero attached hydrogens (tertiary/aromatic N) is 1. The van der Waals surface area contributed by atoms with Crippen LogP contribution in [0.2, 0.25) is 5.02 Å². The molecule has 160 valence electrons. The van der Waals surface area contributed by atoms with Gasteiger partial charge >= 0.3 is 0 Å². The molecule has 3 rings (SSSR count). The number of nitrogens with one attached hydrogen (secondary N) is 1. The van der Waals surface area contributed by atoms with E-state index in [1.807, 2.05) is 43.3 Å². The molecule has 1 aliphatic rings. The molecule has 1 aliphatic carbocycles. The fourth-order valence-electron chi connectivity index (χ4n) is 4.19. The van der Waals surface area contributed by atoms with Crippen molar-refractivity contribution in [3.05, 3.63) is 70.7 Å². The minimum absolute atomic E-state index is 0.0306. The van der Waals surface area contributed by atoms with Gasteiger partial charge in [-0.1, -0.05) is 73.8 Å². The summed E-state index contributed by atoms with van der Waals surface area (Å²) < 4.78 is 0. The zero-order valence-electron chi connectivity index (χ0n) is 17.6. The third-order valence-electron chi connectivity index (χ3n) is 5.82. The average molecular weight is 427 g/mol. The first kappa shape index (κ1) is 22.4. The molecule has 0 aliphatic heterocycles. The highest BCUT2D eigenvalue weighted by Crippen LogP contribution is 2.19. The van der Waals surface area contributed by atoms with Crippen molar-refractivity contribution >= 4 is 23.4 Å². The Bertz CT molecular complexity index is 834. The minimum atomic E-state index is -0.457. The Balaban J connectivity index is 1.75. The molecule has 0 saturated heterocycles. The fourth-order valence-corrected chi connectivity index (χ4v) is 4.40. The molecule has 0 heterocycles. The van der Waals surface area contributed by atoms with Gasteiger partial charge in [-0.2, -0.15) is 0 Å². The fraction of sp³-hybridized carbons (Fsp3) is 0.440. The molecule has 1 N–H and O–H groups in total. The van der Waals surface area contributed by atoms with Crippen molar-refractivity contribution in [2.24, 2.45) is 0 Å². The van der Waals surface area contributed by atoms with Crippen molar-refractivity contribution in [2.45, 2.75) is 64.0 Å². The number of rotatable bonds is 9. The molecule has 1 unspecified atom stereocenters. The highest BCUT2D eigenvalue weighted by Gasteiger charge is 2.30. The van der Waals surface area contributed by atoms with Crippen LogP contribution in [0.3, 0.4) is 0 Å². The van der Waals surface area contributed by atoms with E-state index >= 15 is 0 Å². The smallest absolute Gasteiger partial charge is 0.243 e. The second-order valence-electron chi connectivity index (χ2n) is 8.04. The molecule has 5 heteroatoms. The van der Waals surface area contributed by atoms with Crippen LogP contribution >= 0.6 is 11.6 Å². The molecule has 0 spiro atoms. The summed E-state index contributed by atoms with van der Waals surface area (Å²) in [6.45, 7) is 2.49. The number of amides is 2. The van der Waals surface area contributed by atoms with Gasteiger partial charge in [0, 0.05) is 17.6 Å². The SMILES string of the molecule is CCC(C(=O)NC1CCCC1)N(CCc1ccccc1)C(=O)Cc1cccc(Cl)c1. The molecule has 1 fully saturated rings. The first-order valence-electron chi connectivity index (χ1n) is 10.9. The van der Waals surface area contributed by atoms with Crippen molar-refractivity contribution in [1.82, 2.24) is 10.2 Å². The summed E-state index contributed by atoms with van der Waals surface area (Å²) >= 11 is 6.10. The predicted octanol–water partition coefficient (Wildman–Crippen LogP) is 4.79. The molecule has 1 saturated carbocycles. The quantitative estimate of drug-likeness (QED) is 0.626. The third-order valence-corrected chi connectivity index (χ3v) is 6.05. The highest BCUT2D eigenvalue weighted by molar-refractivity contribution is 6.30. The van der Waals surface area contributed by atoms with E-state index in [-0.39, 0.29) is 24.3 Å². The van der Waals surface area contributed by atoms with Crippen LogP contribution in [0.25, 0.3) is 0 Å². The number of carbonyl (C=O) groups is 2. The molecule has 4 nitrogen and oxygen atoms in total. The van der Waals surface area contributed by atoms with Gasteiger partial charge in [0.25, 0.3) is 0 Å². The van der Waals surface area contributed by atoms with E-state index in [0.29, 0.717) is 18.0 Å².